The van der Waals surface area contributed by atoms with E-state index in [1.54, 1.807) is 4.90 Å². The standard InChI is InChI=1S/C22H33N3O4/c26-13-17(11-16-6-9-23-20(16)28)24-21(29)18-12-22(7-8-22)14-25(18)19(27)10-15-4-2-1-3-5-15/h13,15-18H,1-12,14H2,(H,23,28)(H,24,29)/t16-,17-,18-/m0/s1. The van der Waals surface area contributed by atoms with Crippen molar-refractivity contribution in [3.8, 4) is 0 Å². The van der Waals surface area contributed by atoms with Crippen molar-refractivity contribution < 1.29 is 19.2 Å². The van der Waals surface area contributed by atoms with Crippen molar-refractivity contribution in [2.45, 2.75) is 82.7 Å². The molecule has 2 saturated heterocycles. The maximum atomic E-state index is 13.0. The fourth-order valence-corrected chi connectivity index (χ4v) is 5.45. The summed E-state index contributed by atoms with van der Waals surface area (Å²) in [5.41, 5.74) is 0.117. The molecule has 2 aliphatic heterocycles. The monoisotopic (exact) mass is 403 g/mol. The van der Waals surface area contributed by atoms with Crippen LogP contribution in [0.1, 0.15) is 70.6 Å². The lowest BCUT2D eigenvalue weighted by Gasteiger charge is -2.28. The largest absolute Gasteiger partial charge is 0.356 e. The zero-order valence-electron chi connectivity index (χ0n) is 17.2. The summed E-state index contributed by atoms with van der Waals surface area (Å²) in [7, 11) is 0. The van der Waals surface area contributed by atoms with Gasteiger partial charge in [0.15, 0.2) is 0 Å². The van der Waals surface area contributed by atoms with E-state index in [4.69, 9.17) is 0 Å². The van der Waals surface area contributed by atoms with Gasteiger partial charge in [0.05, 0.1) is 6.04 Å². The minimum atomic E-state index is -0.678. The van der Waals surface area contributed by atoms with E-state index in [1.165, 1.54) is 19.3 Å². The van der Waals surface area contributed by atoms with Crippen LogP contribution in [-0.2, 0) is 19.2 Å². The molecule has 1 spiro atoms. The SMILES string of the molecule is O=C[C@H](C[C@@H]1CCNC1=O)NC(=O)[C@@H]1CC2(CC2)CN1C(=O)CC1CCCCC1. The van der Waals surface area contributed by atoms with E-state index in [9.17, 15) is 19.2 Å². The molecule has 2 aliphatic carbocycles. The van der Waals surface area contributed by atoms with E-state index in [-0.39, 0.29) is 29.1 Å². The third kappa shape index (κ3) is 4.64. The molecule has 3 atom stereocenters. The third-order valence-corrected chi connectivity index (χ3v) is 7.47. The van der Waals surface area contributed by atoms with Crippen molar-refractivity contribution >= 4 is 24.0 Å². The van der Waals surface area contributed by atoms with E-state index in [2.05, 4.69) is 10.6 Å². The van der Waals surface area contributed by atoms with Gasteiger partial charge in [0.1, 0.15) is 12.3 Å². The Bertz CT molecular complexity index is 669. The Morgan fingerprint density at radius 1 is 1.21 bits per heavy atom. The fourth-order valence-electron chi connectivity index (χ4n) is 5.45. The van der Waals surface area contributed by atoms with Crippen molar-refractivity contribution in [3.05, 3.63) is 0 Å². The molecule has 4 aliphatic rings. The lowest BCUT2D eigenvalue weighted by molar-refractivity contribution is -0.140. The Balaban J connectivity index is 1.37. The predicted octanol–water partition coefficient (Wildman–Crippen LogP) is 1.55. The summed E-state index contributed by atoms with van der Waals surface area (Å²) >= 11 is 0. The molecule has 0 aromatic carbocycles. The zero-order valence-corrected chi connectivity index (χ0v) is 17.2. The summed E-state index contributed by atoms with van der Waals surface area (Å²) in [4.78, 5) is 51.2. The van der Waals surface area contributed by atoms with Crippen molar-refractivity contribution in [1.29, 1.82) is 0 Å². The Morgan fingerprint density at radius 3 is 2.59 bits per heavy atom. The van der Waals surface area contributed by atoms with Crippen LogP contribution < -0.4 is 10.6 Å². The molecule has 2 N–H and O–H groups in total. The van der Waals surface area contributed by atoms with Crippen molar-refractivity contribution in [3.63, 3.8) is 0 Å². The summed E-state index contributed by atoms with van der Waals surface area (Å²) in [6, 6.07) is -1.16. The van der Waals surface area contributed by atoms with Crippen LogP contribution in [0.4, 0.5) is 0 Å². The maximum absolute atomic E-state index is 13.0. The quantitative estimate of drug-likeness (QED) is 0.631. The van der Waals surface area contributed by atoms with Crippen LogP contribution in [0.3, 0.4) is 0 Å². The van der Waals surface area contributed by atoms with Crippen LogP contribution in [0.15, 0.2) is 0 Å². The highest BCUT2D eigenvalue weighted by molar-refractivity contribution is 5.90. The number of likely N-dealkylation sites (tertiary alicyclic amines) is 1. The number of rotatable bonds is 7. The van der Waals surface area contributed by atoms with Gasteiger partial charge in [-0.2, -0.15) is 0 Å². The van der Waals surface area contributed by atoms with Gasteiger partial charge in [-0.3, -0.25) is 14.4 Å². The van der Waals surface area contributed by atoms with Gasteiger partial charge in [-0.05, 0) is 56.3 Å². The molecular formula is C22H33N3O4. The second-order valence-corrected chi connectivity index (χ2v) is 9.71. The summed E-state index contributed by atoms with van der Waals surface area (Å²) in [6.45, 7) is 1.30. The normalized spacial score (nSPS) is 29.5. The first-order chi connectivity index (χ1) is 14.0. The lowest BCUT2D eigenvalue weighted by atomic mass is 9.86. The van der Waals surface area contributed by atoms with Gasteiger partial charge in [0, 0.05) is 25.4 Å². The van der Waals surface area contributed by atoms with Crippen LogP contribution in [0, 0.1) is 17.3 Å². The minimum Gasteiger partial charge on any atom is -0.356 e. The first kappa shape index (κ1) is 20.4. The summed E-state index contributed by atoms with van der Waals surface area (Å²) in [5.74, 6) is 0.0281. The van der Waals surface area contributed by atoms with E-state index in [0.29, 0.717) is 44.7 Å². The van der Waals surface area contributed by atoms with E-state index >= 15 is 0 Å². The number of hydrogen-bond acceptors (Lipinski definition) is 4. The Labute approximate surface area is 172 Å². The van der Waals surface area contributed by atoms with Crippen molar-refractivity contribution in [2.24, 2.45) is 17.3 Å². The summed E-state index contributed by atoms with van der Waals surface area (Å²) in [5, 5.41) is 5.60. The number of carbonyl (C=O) groups is 4. The minimum absolute atomic E-state index is 0.0480. The second kappa shape index (κ2) is 8.44. The lowest BCUT2D eigenvalue weighted by Crippen LogP contribution is -2.50. The van der Waals surface area contributed by atoms with Gasteiger partial charge in [0.25, 0.3) is 0 Å². The van der Waals surface area contributed by atoms with E-state index < -0.39 is 12.1 Å². The van der Waals surface area contributed by atoms with Gasteiger partial charge < -0.3 is 20.3 Å². The van der Waals surface area contributed by atoms with Gasteiger partial charge in [-0.25, -0.2) is 0 Å². The molecule has 0 unspecified atom stereocenters. The predicted molar refractivity (Wildman–Crippen MR) is 107 cm³/mol. The number of nitrogens with one attached hydrogen (secondary N) is 2. The van der Waals surface area contributed by atoms with E-state index in [0.717, 1.165) is 32.0 Å². The number of amides is 3. The Morgan fingerprint density at radius 2 is 1.97 bits per heavy atom. The van der Waals surface area contributed by atoms with Crippen LogP contribution in [0.2, 0.25) is 0 Å². The average molecular weight is 404 g/mol. The van der Waals surface area contributed by atoms with Gasteiger partial charge in [0.2, 0.25) is 17.7 Å². The summed E-state index contributed by atoms with van der Waals surface area (Å²) < 4.78 is 0. The second-order valence-electron chi connectivity index (χ2n) is 9.71. The molecule has 0 radical (unpaired) electrons. The molecule has 4 rings (SSSR count). The molecule has 4 fully saturated rings. The van der Waals surface area contributed by atoms with Crippen LogP contribution in [0.25, 0.3) is 0 Å². The smallest absolute Gasteiger partial charge is 0.243 e. The molecule has 29 heavy (non-hydrogen) atoms. The highest BCUT2D eigenvalue weighted by Gasteiger charge is 2.55. The molecule has 7 nitrogen and oxygen atoms in total. The first-order valence-corrected chi connectivity index (χ1v) is 11.3. The third-order valence-electron chi connectivity index (χ3n) is 7.47. The zero-order chi connectivity index (χ0) is 20.4. The molecule has 160 valence electrons. The van der Waals surface area contributed by atoms with Gasteiger partial charge >= 0.3 is 0 Å². The topological polar surface area (TPSA) is 95.6 Å². The number of hydrogen-bond donors (Lipinski definition) is 2. The molecule has 2 heterocycles. The number of aldehydes is 1. The summed E-state index contributed by atoms with van der Waals surface area (Å²) in [6.07, 6.45) is 11.0. The average Bonchev–Trinajstić information content (AvgIpc) is 3.17. The Kier molecular flexibility index (Phi) is 5.93. The Hall–Kier alpha value is -1.92. The molecule has 7 heteroatoms. The molecule has 3 amide bonds. The molecule has 0 aromatic heterocycles. The van der Waals surface area contributed by atoms with Crippen LogP contribution in [0.5, 0.6) is 0 Å². The van der Waals surface area contributed by atoms with Crippen molar-refractivity contribution in [1.82, 2.24) is 15.5 Å². The highest BCUT2D eigenvalue weighted by atomic mass is 16.2. The van der Waals surface area contributed by atoms with E-state index in [1.807, 2.05) is 0 Å². The van der Waals surface area contributed by atoms with Gasteiger partial charge in [-0.15, -0.1) is 0 Å². The highest BCUT2D eigenvalue weighted by Crippen LogP contribution is 2.55. The molecule has 0 aromatic rings. The molecular weight excluding hydrogens is 370 g/mol. The number of nitrogens with zero attached hydrogens (tertiary/aromatic N) is 1. The maximum Gasteiger partial charge on any atom is 0.243 e. The molecule has 0 bridgehead atoms. The molecule has 2 saturated carbocycles. The fraction of sp³-hybridized carbons (Fsp3) is 0.818. The van der Waals surface area contributed by atoms with Crippen LogP contribution in [-0.4, -0.2) is 54.1 Å². The number of carbonyl (C=O) groups excluding carboxylic acids is 4. The van der Waals surface area contributed by atoms with Gasteiger partial charge in [-0.1, -0.05) is 19.3 Å². The van der Waals surface area contributed by atoms with Crippen molar-refractivity contribution in [2.75, 3.05) is 13.1 Å². The first-order valence-electron chi connectivity index (χ1n) is 11.3. The van der Waals surface area contributed by atoms with Crippen LogP contribution >= 0.6 is 0 Å².